The van der Waals surface area contributed by atoms with E-state index in [0.29, 0.717) is 0 Å². The molecule has 0 saturated carbocycles. The Labute approximate surface area is 173 Å². The molecular weight excluding hydrogens is 447 g/mol. The predicted octanol–water partition coefficient (Wildman–Crippen LogP) is 3.58. The molecule has 1 N–H and O–H groups in total. The summed E-state index contributed by atoms with van der Waals surface area (Å²) in [6, 6.07) is 4.13. The summed E-state index contributed by atoms with van der Waals surface area (Å²) >= 11 is 1.71. The lowest BCUT2D eigenvalue weighted by Gasteiger charge is -2.22. The number of carbonyl (C=O) groups excluding carboxylic acids is 1. The summed E-state index contributed by atoms with van der Waals surface area (Å²) in [7, 11) is 5.52. The molecular formula is C18H31IN4OS. The Morgan fingerprint density at radius 1 is 1.32 bits per heavy atom. The number of amides is 1. The van der Waals surface area contributed by atoms with Gasteiger partial charge in [0.1, 0.15) is 6.54 Å². The lowest BCUT2D eigenvalue weighted by Crippen LogP contribution is -2.40. The number of nitrogens with one attached hydrogen (secondary N) is 1. The second-order valence-corrected chi connectivity index (χ2v) is 6.95. The number of nitrogens with zero attached hydrogens (tertiary/aromatic N) is 3. The molecule has 1 heterocycles. The van der Waals surface area contributed by atoms with E-state index in [9.17, 15) is 4.79 Å². The summed E-state index contributed by atoms with van der Waals surface area (Å²) in [5.74, 6) is 0.784. The van der Waals surface area contributed by atoms with Crippen molar-refractivity contribution in [3.63, 3.8) is 0 Å². The number of unbranched alkanes of at least 4 members (excludes halogenated alkanes) is 3. The van der Waals surface area contributed by atoms with Crippen LogP contribution in [0.4, 0.5) is 0 Å². The molecule has 7 heteroatoms. The minimum Gasteiger partial charge on any atom is -0.351 e. The van der Waals surface area contributed by atoms with Crippen molar-refractivity contribution in [2.45, 2.75) is 32.2 Å². The number of allylic oxidation sites excluding steroid dienone is 1. The van der Waals surface area contributed by atoms with Gasteiger partial charge in [-0.1, -0.05) is 18.6 Å². The van der Waals surface area contributed by atoms with Gasteiger partial charge < -0.3 is 15.1 Å². The molecule has 25 heavy (non-hydrogen) atoms. The monoisotopic (exact) mass is 478 g/mol. The standard InChI is InChI=1S/C18H30N4OS.HI/c1-5-6-7-8-9-12-22(4)18(20-15-17(23)21(2)3)19-14-16-11-10-13-24-16;/h5,10-11,13H,1,6-9,12,14-15H2,2-4H3,(H,19,20);1H. The summed E-state index contributed by atoms with van der Waals surface area (Å²) in [5, 5.41) is 5.43. The van der Waals surface area contributed by atoms with Gasteiger partial charge in [0, 0.05) is 32.6 Å². The average molecular weight is 478 g/mol. The van der Waals surface area contributed by atoms with Gasteiger partial charge in [0.15, 0.2) is 5.96 Å². The number of thiophene rings is 1. The van der Waals surface area contributed by atoms with Crippen molar-refractivity contribution in [1.29, 1.82) is 0 Å². The van der Waals surface area contributed by atoms with E-state index in [0.717, 1.165) is 31.9 Å². The van der Waals surface area contributed by atoms with Crippen LogP contribution in [0, 0.1) is 0 Å². The number of rotatable bonds is 10. The molecule has 142 valence electrons. The van der Waals surface area contributed by atoms with E-state index in [-0.39, 0.29) is 36.4 Å². The van der Waals surface area contributed by atoms with Gasteiger partial charge in [-0.05, 0) is 30.7 Å². The number of likely N-dealkylation sites (N-methyl/N-ethyl adjacent to an activating group) is 1. The third-order valence-electron chi connectivity index (χ3n) is 3.63. The van der Waals surface area contributed by atoms with Gasteiger partial charge in [-0.25, -0.2) is 4.99 Å². The largest absolute Gasteiger partial charge is 0.351 e. The van der Waals surface area contributed by atoms with Gasteiger partial charge in [0.05, 0.1) is 6.54 Å². The molecule has 0 saturated heterocycles. The maximum Gasteiger partial charge on any atom is 0.243 e. The fraction of sp³-hybridized carbons (Fsp3) is 0.556. The Balaban J connectivity index is 0.00000576. The summed E-state index contributed by atoms with van der Waals surface area (Å²) in [6.07, 6.45) is 6.48. The number of guanidine groups is 1. The summed E-state index contributed by atoms with van der Waals surface area (Å²) in [6.45, 7) is 5.57. The lowest BCUT2D eigenvalue weighted by atomic mass is 10.2. The zero-order valence-electron chi connectivity index (χ0n) is 15.5. The van der Waals surface area contributed by atoms with Crippen LogP contribution >= 0.6 is 35.3 Å². The van der Waals surface area contributed by atoms with Crippen molar-refractivity contribution in [2.75, 3.05) is 34.2 Å². The van der Waals surface area contributed by atoms with E-state index in [2.05, 4.69) is 33.2 Å². The Bertz CT molecular complexity index is 517. The Kier molecular flexibility index (Phi) is 13.5. The van der Waals surface area contributed by atoms with Crippen LogP contribution in [-0.4, -0.2) is 55.9 Å². The zero-order chi connectivity index (χ0) is 17.8. The maximum atomic E-state index is 11.8. The molecule has 0 fully saturated rings. The number of aliphatic imine (C=N–C) groups is 1. The summed E-state index contributed by atoms with van der Waals surface area (Å²) < 4.78 is 0. The van der Waals surface area contributed by atoms with E-state index >= 15 is 0 Å². The van der Waals surface area contributed by atoms with Gasteiger partial charge in [0.25, 0.3) is 0 Å². The molecule has 0 atom stereocenters. The SMILES string of the molecule is C=CCCCCCN(C)C(=NCC(=O)N(C)C)NCc1cccs1.I. The summed E-state index contributed by atoms with van der Waals surface area (Å²) in [5.41, 5.74) is 0. The third kappa shape index (κ3) is 10.5. The molecule has 1 rings (SSSR count). The Hall–Kier alpha value is -1.09. The molecule has 0 aliphatic heterocycles. The van der Waals surface area contributed by atoms with E-state index in [1.165, 1.54) is 17.7 Å². The molecule has 0 aromatic carbocycles. The van der Waals surface area contributed by atoms with Crippen LogP contribution in [0.2, 0.25) is 0 Å². The molecule has 1 aromatic rings. The maximum absolute atomic E-state index is 11.8. The average Bonchev–Trinajstić information content (AvgIpc) is 3.07. The molecule has 0 unspecified atom stereocenters. The van der Waals surface area contributed by atoms with Crippen molar-refractivity contribution in [1.82, 2.24) is 15.1 Å². The number of hydrogen-bond acceptors (Lipinski definition) is 3. The molecule has 1 aromatic heterocycles. The lowest BCUT2D eigenvalue weighted by molar-refractivity contribution is -0.127. The van der Waals surface area contributed by atoms with Gasteiger partial charge in [-0.3, -0.25) is 4.79 Å². The van der Waals surface area contributed by atoms with Crippen molar-refractivity contribution in [3.05, 3.63) is 35.0 Å². The fourth-order valence-corrected chi connectivity index (χ4v) is 2.74. The fourth-order valence-electron chi connectivity index (χ4n) is 2.10. The first-order valence-corrected chi connectivity index (χ1v) is 9.25. The summed E-state index contributed by atoms with van der Waals surface area (Å²) in [4.78, 5) is 21.2. The highest BCUT2D eigenvalue weighted by Gasteiger charge is 2.09. The smallest absolute Gasteiger partial charge is 0.243 e. The van der Waals surface area contributed by atoms with Gasteiger partial charge in [-0.2, -0.15) is 0 Å². The van der Waals surface area contributed by atoms with Crippen molar-refractivity contribution in [2.24, 2.45) is 4.99 Å². The predicted molar refractivity (Wildman–Crippen MR) is 119 cm³/mol. The number of hydrogen-bond donors (Lipinski definition) is 1. The molecule has 0 radical (unpaired) electrons. The van der Waals surface area contributed by atoms with Crippen molar-refractivity contribution < 1.29 is 4.79 Å². The topological polar surface area (TPSA) is 47.9 Å². The van der Waals surface area contributed by atoms with E-state index in [1.807, 2.05) is 19.2 Å². The Morgan fingerprint density at radius 3 is 2.68 bits per heavy atom. The molecule has 0 spiro atoms. The minimum absolute atomic E-state index is 0. The second kappa shape index (κ2) is 14.1. The quantitative estimate of drug-likeness (QED) is 0.184. The number of carbonyl (C=O) groups is 1. The first-order chi connectivity index (χ1) is 11.5. The highest BCUT2D eigenvalue weighted by Crippen LogP contribution is 2.08. The van der Waals surface area contributed by atoms with Crippen molar-refractivity contribution >= 4 is 47.2 Å². The van der Waals surface area contributed by atoms with Gasteiger partial charge >= 0.3 is 0 Å². The van der Waals surface area contributed by atoms with Gasteiger partial charge in [0.2, 0.25) is 5.91 Å². The third-order valence-corrected chi connectivity index (χ3v) is 4.50. The van der Waals surface area contributed by atoms with Crippen LogP contribution in [-0.2, 0) is 11.3 Å². The van der Waals surface area contributed by atoms with Gasteiger partial charge in [-0.15, -0.1) is 41.9 Å². The molecule has 5 nitrogen and oxygen atoms in total. The highest BCUT2D eigenvalue weighted by atomic mass is 127. The normalized spacial score (nSPS) is 10.8. The zero-order valence-corrected chi connectivity index (χ0v) is 18.7. The molecule has 1 amide bonds. The molecule has 0 aliphatic rings. The minimum atomic E-state index is 0. The van der Waals surface area contributed by atoms with Crippen LogP contribution < -0.4 is 5.32 Å². The van der Waals surface area contributed by atoms with Crippen LogP contribution in [0.25, 0.3) is 0 Å². The van der Waals surface area contributed by atoms with E-state index in [4.69, 9.17) is 0 Å². The molecule has 0 aliphatic carbocycles. The second-order valence-electron chi connectivity index (χ2n) is 5.92. The number of halogens is 1. The van der Waals surface area contributed by atoms with Crippen molar-refractivity contribution in [3.8, 4) is 0 Å². The molecule has 0 bridgehead atoms. The first-order valence-electron chi connectivity index (χ1n) is 8.37. The van der Waals surface area contributed by atoms with Crippen LogP contribution in [0.1, 0.15) is 30.6 Å². The van der Waals surface area contributed by atoms with E-state index in [1.54, 1.807) is 30.3 Å². The van der Waals surface area contributed by atoms with E-state index < -0.39 is 0 Å². The Morgan fingerprint density at radius 2 is 2.08 bits per heavy atom. The van der Waals surface area contributed by atoms with Crippen LogP contribution in [0.3, 0.4) is 0 Å². The van der Waals surface area contributed by atoms with Crippen LogP contribution in [0.5, 0.6) is 0 Å². The highest BCUT2D eigenvalue weighted by molar-refractivity contribution is 14.0. The first kappa shape index (κ1) is 23.9. The van der Waals surface area contributed by atoms with Crippen LogP contribution in [0.15, 0.2) is 35.2 Å².